The highest BCUT2D eigenvalue weighted by molar-refractivity contribution is 6.04. The maximum absolute atomic E-state index is 12.4. The van der Waals surface area contributed by atoms with Gasteiger partial charge in [-0.15, -0.1) is 0 Å². The van der Waals surface area contributed by atoms with Crippen LogP contribution in [-0.4, -0.2) is 35.5 Å². The summed E-state index contributed by atoms with van der Waals surface area (Å²) in [6.07, 6.45) is 0.949. The number of amides is 1. The summed E-state index contributed by atoms with van der Waals surface area (Å²) in [6, 6.07) is 8.12. The van der Waals surface area contributed by atoms with Gasteiger partial charge in [-0.2, -0.15) is 0 Å². The third-order valence-corrected chi connectivity index (χ3v) is 3.17. The molecular formula is C17H20N4O3. The molecule has 1 heterocycles. The number of rotatable bonds is 6. The van der Waals surface area contributed by atoms with Gasteiger partial charge in [0.15, 0.2) is 0 Å². The van der Waals surface area contributed by atoms with E-state index >= 15 is 0 Å². The molecule has 1 amide bonds. The number of carbonyl (C=O) groups excluding carboxylic acids is 2. The summed E-state index contributed by atoms with van der Waals surface area (Å²) in [4.78, 5) is 32.3. The highest BCUT2D eigenvalue weighted by Gasteiger charge is 2.12. The maximum Gasteiger partial charge on any atom is 0.337 e. The van der Waals surface area contributed by atoms with Gasteiger partial charge in [0.2, 0.25) is 0 Å². The molecular weight excluding hydrogens is 308 g/mol. The van der Waals surface area contributed by atoms with Crippen LogP contribution < -0.4 is 10.6 Å². The highest BCUT2D eigenvalue weighted by atomic mass is 16.5. The molecule has 0 aliphatic carbocycles. The van der Waals surface area contributed by atoms with E-state index in [1.165, 1.54) is 7.11 Å². The zero-order chi connectivity index (χ0) is 17.5. The average Bonchev–Trinajstić information content (AvgIpc) is 2.59. The minimum absolute atomic E-state index is 0.254. The van der Waals surface area contributed by atoms with Crippen molar-refractivity contribution in [2.45, 2.75) is 20.3 Å². The molecule has 0 atom stereocenters. The average molecular weight is 328 g/mol. The van der Waals surface area contributed by atoms with Crippen LogP contribution in [0.4, 0.5) is 11.5 Å². The van der Waals surface area contributed by atoms with Gasteiger partial charge in [0.1, 0.15) is 17.3 Å². The van der Waals surface area contributed by atoms with E-state index in [4.69, 9.17) is 0 Å². The Kier molecular flexibility index (Phi) is 5.83. The summed E-state index contributed by atoms with van der Waals surface area (Å²) in [5.74, 6) is 0.277. The Balaban J connectivity index is 2.17. The maximum atomic E-state index is 12.4. The van der Waals surface area contributed by atoms with Gasteiger partial charge in [0, 0.05) is 18.3 Å². The minimum atomic E-state index is -0.463. The topological polar surface area (TPSA) is 93.2 Å². The molecule has 7 heteroatoms. The molecule has 2 aromatic rings. The van der Waals surface area contributed by atoms with Crippen molar-refractivity contribution in [3.8, 4) is 0 Å². The summed E-state index contributed by atoms with van der Waals surface area (Å²) < 4.78 is 4.67. The van der Waals surface area contributed by atoms with Crippen molar-refractivity contribution in [3.63, 3.8) is 0 Å². The lowest BCUT2D eigenvalue weighted by atomic mass is 10.2. The van der Waals surface area contributed by atoms with E-state index in [0.717, 1.165) is 13.0 Å². The van der Waals surface area contributed by atoms with Crippen molar-refractivity contribution in [2.24, 2.45) is 0 Å². The SMILES string of the molecule is CCCNc1cc(C(=O)Nc2cccc(C(=O)OC)c2)nc(C)n1. The number of anilines is 2. The quantitative estimate of drug-likeness (QED) is 0.792. The number of aryl methyl sites for hydroxylation is 1. The standard InChI is InChI=1S/C17H20N4O3/c1-4-8-18-15-10-14(19-11(2)20-15)16(22)21-13-7-5-6-12(9-13)17(23)24-3/h5-7,9-10H,4,8H2,1-3H3,(H,21,22)(H,18,19,20). The Morgan fingerprint density at radius 1 is 1.21 bits per heavy atom. The van der Waals surface area contributed by atoms with Crippen LogP contribution in [0.1, 0.15) is 40.0 Å². The fourth-order valence-corrected chi connectivity index (χ4v) is 2.06. The summed E-state index contributed by atoms with van der Waals surface area (Å²) in [6.45, 7) is 4.54. The number of hydrogen-bond donors (Lipinski definition) is 2. The van der Waals surface area contributed by atoms with E-state index in [1.807, 2.05) is 6.92 Å². The van der Waals surface area contributed by atoms with Crippen LogP contribution >= 0.6 is 0 Å². The lowest BCUT2D eigenvalue weighted by Crippen LogP contribution is -2.16. The second-order valence-electron chi connectivity index (χ2n) is 5.14. The zero-order valence-electron chi connectivity index (χ0n) is 13.9. The van der Waals surface area contributed by atoms with Crippen LogP contribution in [0.2, 0.25) is 0 Å². The molecule has 2 rings (SSSR count). The second-order valence-corrected chi connectivity index (χ2v) is 5.14. The van der Waals surface area contributed by atoms with Crippen molar-refractivity contribution in [1.29, 1.82) is 0 Å². The van der Waals surface area contributed by atoms with Gasteiger partial charge >= 0.3 is 5.97 Å². The Morgan fingerprint density at radius 3 is 2.71 bits per heavy atom. The largest absolute Gasteiger partial charge is 0.465 e. The number of benzene rings is 1. The molecule has 0 aliphatic rings. The van der Waals surface area contributed by atoms with Crippen molar-refractivity contribution < 1.29 is 14.3 Å². The van der Waals surface area contributed by atoms with Crippen molar-refractivity contribution in [2.75, 3.05) is 24.3 Å². The molecule has 0 aliphatic heterocycles. The van der Waals surface area contributed by atoms with Crippen LogP contribution in [0.25, 0.3) is 0 Å². The van der Waals surface area contributed by atoms with E-state index in [9.17, 15) is 9.59 Å². The summed E-state index contributed by atoms with van der Waals surface area (Å²) in [5.41, 5.74) is 1.10. The number of aromatic nitrogens is 2. The fraction of sp³-hybridized carbons (Fsp3) is 0.294. The first-order valence-electron chi connectivity index (χ1n) is 7.62. The lowest BCUT2D eigenvalue weighted by molar-refractivity contribution is 0.0600. The molecule has 0 spiro atoms. The van der Waals surface area contributed by atoms with E-state index in [2.05, 4.69) is 25.3 Å². The van der Waals surface area contributed by atoms with Gasteiger partial charge in [-0.3, -0.25) is 4.79 Å². The molecule has 1 aromatic heterocycles. The third-order valence-electron chi connectivity index (χ3n) is 3.17. The fourth-order valence-electron chi connectivity index (χ4n) is 2.06. The van der Waals surface area contributed by atoms with Crippen LogP contribution in [0, 0.1) is 6.92 Å². The van der Waals surface area contributed by atoms with Crippen LogP contribution in [0.15, 0.2) is 30.3 Å². The summed E-state index contributed by atoms with van der Waals surface area (Å²) in [7, 11) is 1.31. The monoisotopic (exact) mass is 328 g/mol. The molecule has 0 saturated heterocycles. The Hall–Kier alpha value is -2.96. The van der Waals surface area contributed by atoms with E-state index in [-0.39, 0.29) is 11.6 Å². The van der Waals surface area contributed by atoms with Crippen molar-refractivity contribution >= 4 is 23.4 Å². The molecule has 0 saturated carbocycles. The van der Waals surface area contributed by atoms with Gasteiger partial charge in [0.25, 0.3) is 5.91 Å². The lowest BCUT2D eigenvalue weighted by Gasteiger charge is -2.09. The molecule has 0 unspecified atom stereocenters. The molecule has 2 N–H and O–H groups in total. The summed E-state index contributed by atoms with van der Waals surface area (Å²) in [5, 5.41) is 5.86. The number of methoxy groups -OCH3 is 1. The highest BCUT2D eigenvalue weighted by Crippen LogP contribution is 2.14. The predicted molar refractivity (Wildman–Crippen MR) is 91.3 cm³/mol. The Morgan fingerprint density at radius 2 is 2.00 bits per heavy atom. The molecule has 0 bridgehead atoms. The van der Waals surface area contributed by atoms with Gasteiger partial charge < -0.3 is 15.4 Å². The van der Waals surface area contributed by atoms with Crippen LogP contribution in [0.3, 0.4) is 0 Å². The first-order chi connectivity index (χ1) is 11.5. The van der Waals surface area contributed by atoms with Crippen LogP contribution in [-0.2, 0) is 4.74 Å². The van der Waals surface area contributed by atoms with E-state index in [1.54, 1.807) is 37.3 Å². The third kappa shape index (κ3) is 4.52. The second kappa shape index (κ2) is 8.05. The Bertz CT molecular complexity index is 746. The number of esters is 1. The number of carbonyl (C=O) groups is 2. The van der Waals surface area contributed by atoms with Crippen molar-refractivity contribution in [1.82, 2.24) is 9.97 Å². The minimum Gasteiger partial charge on any atom is -0.465 e. The number of hydrogen-bond acceptors (Lipinski definition) is 6. The summed E-state index contributed by atoms with van der Waals surface area (Å²) >= 11 is 0. The smallest absolute Gasteiger partial charge is 0.337 e. The number of ether oxygens (including phenoxy) is 1. The molecule has 7 nitrogen and oxygen atoms in total. The van der Waals surface area contributed by atoms with Gasteiger partial charge in [-0.05, 0) is 31.5 Å². The van der Waals surface area contributed by atoms with Gasteiger partial charge in [-0.25, -0.2) is 14.8 Å². The molecule has 0 fully saturated rings. The normalized spacial score (nSPS) is 10.1. The van der Waals surface area contributed by atoms with Crippen LogP contribution in [0.5, 0.6) is 0 Å². The van der Waals surface area contributed by atoms with E-state index in [0.29, 0.717) is 22.9 Å². The Labute approximate surface area is 140 Å². The van der Waals surface area contributed by atoms with Gasteiger partial charge in [-0.1, -0.05) is 13.0 Å². The first kappa shape index (κ1) is 17.4. The van der Waals surface area contributed by atoms with Gasteiger partial charge in [0.05, 0.1) is 12.7 Å². The molecule has 1 aromatic carbocycles. The zero-order valence-corrected chi connectivity index (χ0v) is 13.9. The predicted octanol–water partition coefficient (Wildman–Crippen LogP) is 2.65. The molecule has 126 valence electrons. The van der Waals surface area contributed by atoms with Crippen molar-refractivity contribution in [3.05, 3.63) is 47.4 Å². The number of nitrogens with one attached hydrogen (secondary N) is 2. The van der Waals surface area contributed by atoms with E-state index < -0.39 is 5.97 Å². The first-order valence-corrected chi connectivity index (χ1v) is 7.62. The number of nitrogens with zero attached hydrogens (tertiary/aromatic N) is 2. The molecule has 0 radical (unpaired) electrons. The molecule has 24 heavy (non-hydrogen) atoms.